The van der Waals surface area contributed by atoms with E-state index < -0.39 is 0 Å². The van der Waals surface area contributed by atoms with E-state index in [1.54, 1.807) is 24.3 Å². The monoisotopic (exact) mass is 244 g/mol. The highest BCUT2D eigenvalue weighted by atomic mass is 35.5. The van der Waals surface area contributed by atoms with Gasteiger partial charge in [0.05, 0.1) is 10.7 Å². The Morgan fingerprint density at radius 2 is 2.20 bits per heavy atom. The van der Waals surface area contributed by atoms with Crippen LogP contribution in [0.3, 0.4) is 0 Å². The third kappa shape index (κ3) is 3.81. The number of carbonyl (C=O) groups excluding carboxylic acids is 1. The Labute approximate surface area is 98.1 Å². The third-order valence-corrected chi connectivity index (χ3v) is 2.13. The predicted molar refractivity (Wildman–Crippen MR) is 63.7 cm³/mol. The summed E-state index contributed by atoms with van der Waals surface area (Å²) in [7, 11) is 0. The van der Waals surface area contributed by atoms with E-state index in [2.05, 4.69) is 17.2 Å². The number of carbonyl (C=O) groups is 1. The van der Waals surface area contributed by atoms with Crippen molar-refractivity contribution in [3.8, 4) is 0 Å². The van der Waals surface area contributed by atoms with Gasteiger partial charge in [-0.1, -0.05) is 29.3 Å². The second-order valence-corrected chi connectivity index (χ2v) is 3.59. The molecule has 0 heterocycles. The van der Waals surface area contributed by atoms with Crippen molar-refractivity contribution in [2.24, 2.45) is 0 Å². The van der Waals surface area contributed by atoms with Crippen LogP contribution in [0.5, 0.6) is 0 Å². The fourth-order valence-electron chi connectivity index (χ4n) is 0.922. The summed E-state index contributed by atoms with van der Waals surface area (Å²) in [6.45, 7) is 3.88. The van der Waals surface area contributed by atoms with Crippen LogP contribution in [0.15, 0.2) is 30.9 Å². The maximum atomic E-state index is 11.2. The second kappa shape index (κ2) is 5.63. The Hall–Kier alpha value is -1.19. The van der Waals surface area contributed by atoms with E-state index in [-0.39, 0.29) is 6.03 Å². The maximum absolute atomic E-state index is 11.2. The number of hydrogen-bond donors (Lipinski definition) is 2. The molecule has 5 heteroatoms. The van der Waals surface area contributed by atoms with Crippen LogP contribution in [-0.4, -0.2) is 12.6 Å². The molecule has 0 spiro atoms. The fraction of sp³-hybridized carbons (Fsp3) is 0.100. The summed E-state index contributed by atoms with van der Waals surface area (Å²) in [6.07, 6.45) is 1.59. The Kier molecular flexibility index (Phi) is 4.46. The summed E-state index contributed by atoms with van der Waals surface area (Å²) in [5.74, 6) is 0. The largest absolute Gasteiger partial charge is 0.334 e. The number of amides is 2. The van der Waals surface area contributed by atoms with Crippen molar-refractivity contribution in [2.45, 2.75) is 0 Å². The van der Waals surface area contributed by atoms with Crippen LogP contribution in [-0.2, 0) is 0 Å². The zero-order valence-electron chi connectivity index (χ0n) is 7.89. The molecule has 1 aromatic rings. The van der Waals surface area contributed by atoms with Crippen LogP contribution in [0.2, 0.25) is 10.0 Å². The zero-order chi connectivity index (χ0) is 11.3. The molecular formula is C10H10Cl2N2O. The first-order chi connectivity index (χ1) is 7.13. The minimum atomic E-state index is -0.334. The quantitative estimate of drug-likeness (QED) is 0.788. The van der Waals surface area contributed by atoms with E-state index in [4.69, 9.17) is 23.2 Å². The van der Waals surface area contributed by atoms with Gasteiger partial charge >= 0.3 is 6.03 Å². The van der Waals surface area contributed by atoms with E-state index in [0.717, 1.165) is 0 Å². The van der Waals surface area contributed by atoms with Gasteiger partial charge < -0.3 is 10.6 Å². The van der Waals surface area contributed by atoms with Gasteiger partial charge in [-0.05, 0) is 18.2 Å². The number of nitrogens with one attached hydrogen (secondary N) is 2. The van der Waals surface area contributed by atoms with Crippen molar-refractivity contribution in [2.75, 3.05) is 11.9 Å². The molecule has 0 saturated carbocycles. The van der Waals surface area contributed by atoms with Crippen LogP contribution < -0.4 is 10.6 Å². The molecule has 0 aliphatic heterocycles. The Morgan fingerprint density at radius 3 is 2.80 bits per heavy atom. The van der Waals surface area contributed by atoms with Gasteiger partial charge in [-0.3, -0.25) is 0 Å². The van der Waals surface area contributed by atoms with Crippen LogP contribution in [0, 0.1) is 0 Å². The van der Waals surface area contributed by atoms with Gasteiger partial charge in [0, 0.05) is 11.6 Å². The van der Waals surface area contributed by atoms with Crippen molar-refractivity contribution in [3.05, 3.63) is 40.9 Å². The van der Waals surface area contributed by atoms with E-state index in [9.17, 15) is 4.79 Å². The van der Waals surface area contributed by atoms with Gasteiger partial charge in [0.2, 0.25) is 0 Å². The van der Waals surface area contributed by atoms with Crippen LogP contribution in [0.4, 0.5) is 10.5 Å². The van der Waals surface area contributed by atoms with Crippen molar-refractivity contribution in [3.63, 3.8) is 0 Å². The molecule has 15 heavy (non-hydrogen) atoms. The van der Waals surface area contributed by atoms with Gasteiger partial charge in [0.1, 0.15) is 0 Å². The highest BCUT2D eigenvalue weighted by Crippen LogP contribution is 2.25. The summed E-state index contributed by atoms with van der Waals surface area (Å²) in [5.41, 5.74) is 0.516. The molecule has 1 aromatic carbocycles. The van der Waals surface area contributed by atoms with E-state index in [1.807, 2.05) is 0 Å². The maximum Gasteiger partial charge on any atom is 0.319 e. The number of urea groups is 1. The normalized spacial score (nSPS) is 9.47. The van der Waals surface area contributed by atoms with Crippen molar-refractivity contribution in [1.29, 1.82) is 0 Å². The number of benzene rings is 1. The first kappa shape index (κ1) is 11.9. The highest BCUT2D eigenvalue weighted by molar-refractivity contribution is 6.36. The summed E-state index contributed by atoms with van der Waals surface area (Å²) < 4.78 is 0. The van der Waals surface area contributed by atoms with Crippen LogP contribution in [0.25, 0.3) is 0 Å². The van der Waals surface area contributed by atoms with Crippen molar-refractivity contribution in [1.82, 2.24) is 5.32 Å². The SMILES string of the molecule is C=CCNC(=O)Nc1ccc(Cl)cc1Cl. The Bertz CT molecular complexity index is 380. The lowest BCUT2D eigenvalue weighted by atomic mass is 10.3. The number of rotatable bonds is 3. The average Bonchev–Trinajstić information content (AvgIpc) is 2.19. The molecule has 80 valence electrons. The first-order valence-corrected chi connectivity index (χ1v) is 5.00. The number of anilines is 1. The van der Waals surface area contributed by atoms with E-state index in [0.29, 0.717) is 22.3 Å². The Balaban J connectivity index is 2.64. The third-order valence-electron chi connectivity index (χ3n) is 1.59. The zero-order valence-corrected chi connectivity index (χ0v) is 9.40. The number of hydrogen-bond acceptors (Lipinski definition) is 1. The van der Waals surface area contributed by atoms with Gasteiger partial charge in [-0.2, -0.15) is 0 Å². The second-order valence-electron chi connectivity index (χ2n) is 2.75. The van der Waals surface area contributed by atoms with Gasteiger partial charge in [-0.15, -0.1) is 6.58 Å². The molecule has 0 radical (unpaired) electrons. The van der Waals surface area contributed by atoms with E-state index in [1.165, 1.54) is 0 Å². The molecular weight excluding hydrogens is 235 g/mol. The molecule has 1 rings (SSSR count). The molecule has 0 aliphatic carbocycles. The lowest BCUT2D eigenvalue weighted by Gasteiger charge is -2.07. The molecule has 3 nitrogen and oxygen atoms in total. The molecule has 2 amide bonds. The minimum Gasteiger partial charge on any atom is -0.334 e. The summed E-state index contributed by atoms with van der Waals surface area (Å²) in [4.78, 5) is 11.2. The number of halogens is 2. The first-order valence-electron chi connectivity index (χ1n) is 4.24. The standard InChI is InChI=1S/C10H10Cl2N2O/c1-2-5-13-10(15)14-9-4-3-7(11)6-8(9)12/h2-4,6H,1,5H2,(H2,13,14,15). The molecule has 0 unspecified atom stereocenters. The van der Waals surface area contributed by atoms with Gasteiger partial charge in [-0.25, -0.2) is 4.79 Å². The van der Waals surface area contributed by atoms with Gasteiger partial charge in [0.25, 0.3) is 0 Å². The Morgan fingerprint density at radius 1 is 1.47 bits per heavy atom. The molecule has 0 aromatic heterocycles. The molecule has 0 atom stereocenters. The lowest BCUT2D eigenvalue weighted by Crippen LogP contribution is -2.28. The van der Waals surface area contributed by atoms with Crippen molar-refractivity contribution >= 4 is 34.9 Å². The van der Waals surface area contributed by atoms with Gasteiger partial charge in [0.15, 0.2) is 0 Å². The molecule has 0 aliphatic rings. The predicted octanol–water partition coefficient (Wildman–Crippen LogP) is 3.30. The highest BCUT2D eigenvalue weighted by Gasteiger charge is 2.04. The summed E-state index contributed by atoms with van der Waals surface area (Å²) >= 11 is 11.6. The van der Waals surface area contributed by atoms with Crippen molar-refractivity contribution < 1.29 is 4.79 Å². The molecule has 0 saturated heterocycles. The van der Waals surface area contributed by atoms with Crippen LogP contribution >= 0.6 is 23.2 Å². The molecule has 0 bridgehead atoms. The molecule has 2 N–H and O–H groups in total. The van der Waals surface area contributed by atoms with E-state index >= 15 is 0 Å². The fourth-order valence-corrected chi connectivity index (χ4v) is 1.38. The summed E-state index contributed by atoms with van der Waals surface area (Å²) in [6, 6.07) is 4.51. The minimum absolute atomic E-state index is 0.334. The lowest BCUT2D eigenvalue weighted by molar-refractivity contribution is 0.253. The summed E-state index contributed by atoms with van der Waals surface area (Å²) in [5, 5.41) is 6.07. The smallest absolute Gasteiger partial charge is 0.319 e. The topological polar surface area (TPSA) is 41.1 Å². The molecule has 0 fully saturated rings. The average molecular weight is 245 g/mol. The van der Waals surface area contributed by atoms with Crippen LogP contribution in [0.1, 0.15) is 0 Å².